The fourth-order valence-electron chi connectivity index (χ4n) is 1.43. The molecule has 0 bridgehead atoms. The number of carbonyl (C=O) groups excluding carboxylic acids is 1. The first-order valence-corrected chi connectivity index (χ1v) is 5.83. The number of aromatic nitrogens is 2. The van der Waals surface area contributed by atoms with E-state index in [4.69, 9.17) is 5.84 Å². The molecule has 1 aromatic carbocycles. The Kier molecular flexibility index (Phi) is 3.63. The highest BCUT2D eigenvalue weighted by Gasteiger charge is 2.21. The highest BCUT2D eigenvalue weighted by atomic mass is 32.1. The lowest BCUT2D eigenvalue weighted by atomic mass is 10.1. The third-order valence-corrected chi connectivity index (χ3v) is 2.82. The Balaban J connectivity index is 2.36. The molecule has 0 spiro atoms. The number of amides is 1. The van der Waals surface area contributed by atoms with Crippen molar-refractivity contribution in [2.45, 2.75) is 0 Å². The van der Waals surface area contributed by atoms with Gasteiger partial charge in [0, 0.05) is 6.07 Å². The highest BCUT2D eigenvalue weighted by Crippen LogP contribution is 2.28. The Bertz CT molecular complexity index is 614. The maximum Gasteiger partial charge on any atom is 0.294 e. The number of nitrogens with two attached hydrogens (primary N) is 1. The number of nitrogen functional groups attached to an aromatic ring is 1. The van der Waals surface area contributed by atoms with Gasteiger partial charge in [0.15, 0.2) is 0 Å². The van der Waals surface area contributed by atoms with Crippen LogP contribution < -0.4 is 16.6 Å². The lowest BCUT2D eigenvalue weighted by Gasteiger charge is -2.08. The first-order valence-electron chi connectivity index (χ1n) is 4.95. The zero-order valence-electron chi connectivity index (χ0n) is 9.36. The van der Waals surface area contributed by atoms with Crippen molar-refractivity contribution in [2.75, 3.05) is 10.7 Å². The second-order valence-corrected chi connectivity index (χ2v) is 4.13. The van der Waals surface area contributed by atoms with Gasteiger partial charge in [0.1, 0.15) is 11.2 Å². The van der Waals surface area contributed by atoms with Gasteiger partial charge in [0.05, 0.1) is 10.5 Å². The Morgan fingerprint density at radius 1 is 1.47 bits per heavy atom. The fourth-order valence-corrected chi connectivity index (χ4v) is 1.87. The molecule has 0 radical (unpaired) electrons. The molecule has 19 heavy (non-hydrogen) atoms. The van der Waals surface area contributed by atoms with Gasteiger partial charge in [-0.3, -0.25) is 26.1 Å². The minimum Gasteiger partial charge on any atom is -0.318 e. The normalized spacial score (nSPS) is 9.95. The number of anilines is 2. The van der Waals surface area contributed by atoms with Crippen LogP contribution in [0.5, 0.6) is 0 Å². The maximum absolute atomic E-state index is 12.0. The number of para-hydroxylation sites is 1. The lowest BCUT2D eigenvalue weighted by Crippen LogP contribution is -2.18. The van der Waals surface area contributed by atoms with Crippen LogP contribution in [0.25, 0.3) is 0 Å². The molecule has 0 atom stereocenters. The van der Waals surface area contributed by atoms with Gasteiger partial charge in [-0.1, -0.05) is 17.4 Å². The topological polar surface area (TPSA) is 136 Å². The van der Waals surface area contributed by atoms with Crippen LogP contribution in [0.2, 0.25) is 0 Å². The van der Waals surface area contributed by atoms with E-state index < -0.39 is 10.8 Å². The van der Waals surface area contributed by atoms with E-state index in [1.54, 1.807) is 0 Å². The first-order chi connectivity index (χ1) is 9.13. The highest BCUT2D eigenvalue weighted by molar-refractivity contribution is 7.13. The second kappa shape index (κ2) is 5.37. The third kappa shape index (κ3) is 2.64. The van der Waals surface area contributed by atoms with Crippen LogP contribution in [-0.4, -0.2) is 21.0 Å². The summed E-state index contributed by atoms with van der Waals surface area (Å²) in [5, 5.41) is 20.8. The molecule has 0 fully saturated rings. The molecule has 0 saturated heterocycles. The van der Waals surface area contributed by atoms with Crippen molar-refractivity contribution in [2.24, 2.45) is 5.84 Å². The van der Waals surface area contributed by atoms with E-state index in [1.807, 2.05) is 0 Å². The number of carbonyl (C=O) groups is 1. The molecule has 98 valence electrons. The quantitative estimate of drug-likeness (QED) is 0.431. The van der Waals surface area contributed by atoms with Gasteiger partial charge in [-0.2, -0.15) is 0 Å². The lowest BCUT2D eigenvalue weighted by molar-refractivity contribution is -0.384. The van der Waals surface area contributed by atoms with Crippen LogP contribution in [0.15, 0.2) is 23.7 Å². The predicted octanol–water partition coefficient (Wildman–Crippen LogP) is 0.984. The summed E-state index contributed by atoms with van der Waals surface area (Å²) < 4.78 is 0. The molecule has 0 aliphatic carbocycles. The minimum atomic E-state index is -0.628. The summed E-state index contributed by atoms with van der Waals surface area (Å²) in [6.45, 7) is 0. The largest absolute Gasteiger partial charge is 0.318 e. The number of nitro groups is 1. The number of rotatable bonds is 4. The number of hydrogen-bond acceptors (Lipinski definition) is 8. The molecule has 1 aromatic heterocycles. The van der Waals surface area contributed by atoms with Gasteiger partial charge < -0.3 is 5.43 Å². The van der Waals surface area contributed by atoms with E-state index in [0.29, 0.717) is 5.13 Å². The number of nitrogens with one attached hydrogen (secondary N) is 2. The minimum absolute atomic E-state index is 0.0481. The number of hydrazine groups is 1. The van der Waals surface area contributed by atoms with Crippen molar-refractivity contribution in [1.82, 2.24) is 10.2 Å². The van der Waals surface area contributed by atoms with Crippen molar-refractivity contribution in [1.29, 1.82) is 0 Å². The summed E-state index contributed by atoms with van der Waals surface area (Å²) in [6.07, 6.45) is 0. The molecule has 1 amide bonds. The van der Waals surface area contributed by atoms with E-state index in [0.717, 1.165) is 11.3 Å². The van der Waals surface area contributed by atoms with E-state index in [2.05, 4.69) is 20.9 Å². The summed E-state index contributed by atoms with van der Waals surface area (Å²) in [7, 11) is 0. The van der Waals surface area contributed by atoms with E-state index in [9.17, 15) is 14.9 Å². The first kappa shape index (κ1) is 12.9. The van der Waals surface area contributed by atoms with Crippen LogP contribution >= 0.6 is 11.3 Å². The fraction of sp³-hybridized carbons (Fsp3) is 0. The summed E-state index contributed by atoms with van der Waals surface area (Å²) in [5.41, 5.74) is 3.32. The zero-order chi connectivity index (χ0) is 13.8. The molecule has 10 heteroatoms. The summed E-state index contributed by atoms with van der Waals surface area (Å²) in [5.74, 6) is 4.68. The average molecular weight is 280 g/mol. The maximum atomic E-state index is 12.0. The average Bonchev–Trinajstić information content (AvgIpc) is 2.90. The van der Waals surface area contributed by atoms with Crippen molar-refractivity contribution in [3.05, 3.63) is 39.4 Å². The van der Waals surface area contributed by atoms with E-state index in [1.165, 1.54) is 23.7 Å². The van der Waals surface area contributed by atoms with E-state index >= 15 is 0 Å². The molecule has 2 aromatic rings. The van der Waals surface area contributed by atoms with Gasteiger partial charge in [-0.15, -0.1) is 10.2 Å². The Morgan fingerprint density at radius 3 is 2.84 bits per heavy atom. The summed E-state index contributed by atoms with van der Waals surface area (Å²) in [6, 6.07) is 4.06. The second-order valence-electron chi connectivity index (χ2n) is 3.30. The van der Waals surface area contributed by atoms with Gasteiger partial charge in [0.2, 0.25) is 5.13 Å². The zero-order valence-corrected chi connectivity index (χ0v) is 10.2. The molecule has 0 unspecified atom stereocenters. The van der Waals surface area contributed by atoms with Crippen molar-refractivity contribution in [3.8, 4) is 0 Å². The van der Waals surface area contributed by atoms with Crippen molar-refractivity contribution < 1.29 is 9.72 Å². The van der Waals surface area contributed by atoms with Gasteiger partial charge in [0.25, 0.3) is 11.6 Å². The Labute approximate surface area is 110 Å². The van der Waals surface area contributed by atoms with Crippen LogP contribution in [0.4, 0.5) is 16.5 Å². The van der Waals surface area contributed by atoms with Gasteiger partial charge in [-0.25, -0.2) is 0 Å². The molecule has 4 N–H and O–H groups in total. The van der Waals surface area contributed by atoms with Gasteiger partial charge >= 0.3 is 0 Å². The number of nitrogens with zero attached hydrogens (tertiary/aromatic N) is 3. The van der Waals surface area contributed by atoms with Crippen molar-refractivity contribution >= 4 is 33.8 Å². The van der Waals surface area contributed by atoms with Crippen LogP contribution in [-0.2, 0) is 0 Å². The Morgan fingerprint density at radius 2 is 2.26 bits per heavy atom. The van der Waals surface area contributed by atoms with Crippen LogP contribution in [0.1, 0.15) is 10.4 Å². The molecular formula is C9H8N6O3S. The number of hydrogen-bond donors (Lipinski definition) is 3. The molecule has 1 heterocycles. The molecular weight excluding hydrogens is 272 g/mol. The molecule has 9 nitrogen and oxygen atoms in total. The van der Waals surface area contributed by atoms with Crippen LogP contribution in [0, 0.1) is 10.1 Å². The molecule has 0 aliphatic heterocycles. The smallest absolute Gasteiger partial charge is 0.294 e. The van der Waals surface area contributed by atoms with Gasteiger partial charge in [-0.05, 0) is 6.07 Å². The summed E-state index contributed by atoms with van der Waals surface area (Å²) >= 11 is 1.13. The number of benzene rings is 1. The molecule has 0 saturated carbocycles. The number of nitro benzene ring substituents is 1. The predicted molar refractivity (Wildman–Crippen MR) is 68.8 cm³/mol. The third-order valence-electron chi connectivity index (χ3n) is 2.21. The SMILES string of the molecule is NNc1c(C(=O)Nc2nncs2)cccc1[N+](=O)[O-]. The summed E-state index contributed by atoms with van der Waals surface area (Å²) in [4.78, 5) is 22.2. The van der Waals surface area contributed by atoms with Crippen molar-refractivity contribution in [3.63, 3.8) is 0 Å². The monoisotopic (exact) mass is 280 g/mol. The molecule has 0 aliphatic rings. The standard InChI is InChI=1S/C9H8N6O3S/c10-13-7-5(2-1-3-6(7)15(17)18)8(16)12-9-14-11-4-19-9/h1-4,13H,10H2,(H,12,14,16). The van der Waals surface area contributed by atoms with Crippen LogP contribution in [0.3, 0.4) is 0 Å². The molecule has 2 rings (SSSR count). The Hall–Kier alpha value is -2.59. The van der Waals surface area contributed by atoms with E-state index in [-0.39, 0.29) is 16.9 Å².